The molecule has 20 heavy (non-hydrogen) atoms. The molecule has 0 bridgehead atoms. The van der Waals surface area contributed by atoms with Crippen LogP contribution in [0.5, 0.6) is 0 Å². The van der Waals surface area contributed by atoms with Gasteiger partial charge < -0.3 is 13.8 Å². The van der Waals surface area contributed by atoms with Gasteiger partial charge in [-0.05, 0) is 32.3 Å². The van der Waals surface area contributed by atoms with Gasteiger partial charge in [-0.2, -0.15) is 0 Å². The highest BCUT2D eigenvalue weighted by Crippen LogP contribution is 2.72. The average Bonchev–Trinajstić information content (AvgIpc) is 3.11. The molecule has 1 aliphatic heterocycles. The van der Waals surface area contributed by atoms with Crippen LogP contribution in [0.3, 0.4) is 0 Å². The second-order valence-corrected chi connectivity index (χ2v) is 7.57. The van der Waals surface area contributed by atoms with Gasteiger partial charge >= 0.3 is 7.60 Å². The van der Waals surface area contributed by atoms with E-state index < -0.39 is 12.4 Å². The van der Waals surface area contributed by atoms with Crippen LogP contribution in [0.15, 0.2) is 30.3 Å². The summed E-state index contributed by atoms with van der Waals surface area (Å²) in [6.07, 6.45) is 1.21. The highest BCUT2D eigenvalue weighted by Gasteiger charge is 2.69. The minimum absolute atomic E-state index is 0.278. The molecule has 0 aliphatic carbocycles. The van der Waals surface area contributed by atoms with Crippen molar-refractivity contribution < 1.29 is 18.3 Å². The van der Waals surface area contributed by atoms with Crippen molar-refractivity contribution in [2.75, 3.05) is 13.2 Å². The first-order chi connectivity index (χ1) is 9.55. The standard InChI is InChI=1S/C14H20ClO4P/c1-3-17-20(16,18-4-2)14(15)13(19-14)11-10-12-8-6-5-7-9-12/h5-9,13H,3-4,10-11H2,1-2H3/t13-,14+/m1/s1. The van der Waals surface area contributed by atoms with Crippen molar-refractivity contribution in [3.05, 3.63) is 35.9 Å². The van der Waals surface area contributed by atoms with Crippen LogP contribution in [0.1, 0.15) is 25.8 Å². The van der Waals surface area contributed by atoms with Crippen LogP contribution in [-0.4, -0.2) is 24.1 Å². The van der Waals surface area contributed by atoms with Gasteiger partial charge in [0.05, 0.1) is 13.2 Å². The summed E-state index contributed by atoms with van der Waals surface area (Å²) in [5.41, 5.74) is 1.20. The molecule has 2 rings (SSSR count). The molecule has 4 nitrogen and oxygen atoms in total. The van der Waals surface area contributed by atoms with Crippen molar-refractivity contribution in [1.82, 2.24) is 0 Å². The maximum absolute atomic E-state index is 12.6. The van der Waals surface area contributed by atoms with E-state index in [4.69, 9.17) is 25.4 Å². The fraction of sp³-hybridized carbons (Fsp3) is 0.571. The first-order valence-electron chi connectivity index (χ1n) is 6.85. The summed E-state index contributed by atoms with van der Waals surface area (Å²) in [5, 5.41) is 0. The fourth-order valence-electron chi connectivity index (χ4n) is 2.14. The summed E-state index contributed by atoms with van der Waals surface area (Å²) < 4.78 is 28.6. The van der Waals surface area contributed by atoms with Gasteiger partial charge in [0.15, 0.2) is 0 Å². The highest BCUT2D eigenvalue weighted by atomic mass is 35.5. The lowest BCUT2D eigenvalue weighted by Gasteiger charge is -2.19. The minimum atomic E-state index is -3.43. The van der Waals surface area contributed by atoms with Crippen LogP contribution >= 0.6 is 19.2 Å². The van der Waals surface area contributed by atoms with Crippen LogP contribution in [0.2, 0.25) is 0 Å². The lowest BCUT2D eigenvalue weighted by Crippen LogP contribution is -2.13. The van der Waals surface area contributed by atoms with Gasteiger partial charge in [-0.1, -0.05) is 41.9 Å². The molecule has 1 saturated heterocycles. The van der Waals surface area contributed by atoms with Gasteiger partial charge in [-0.25, -0.2) is 0 Å². The topological polar surface area (TPSA) is 48.1 Å². The minimum Gasteiger partial charge on any atom is -0.339 e. The predicted octanol–water partition coefficient (Wildman–Crippen LogP) is 4.18. The maximum Gasteiger partial charge on any atom is 0.380 e. The summed E-state index contributed by atoms with van der Waals surface area (Å²) in [6.45, 7) is 4.07. The third kappa shape index (κ3) is 3.26. The Hall–Kier alpha value is -0.380. The van der Waals surface area contributed by atoms with E-state index in [1.807, 2.05) is 30.3 Å². The summed E-state index contributed by atoms with van der Waals surface area (Å²) in [5.74, 6) is 0. The Kier molecular flexibility index (Phi) is 5.27. The van der Waals surface area contributed by atoms with Crippen LogP contribution in [0.25, 0.3) is 0 Å². The third-order valence-electron chi connectivity index (χ3n) is 3.16. The zero-order chi connectivity index (χ0) is 14.6. The van der Waals surface area contributed by atoms with Crippen LogP contribution in [0, 0.1) is 0 Å². The Morgan fingerprint density at radius 3 is 2.40 bits per heavy atom. The van der Waals surface area contributed by atoms with Crippen LogP contribution < -0.4 is 0 Å². The molecule has 1 aromatic rings. The van der Waals surface area contributed by atoms with Gasteiger partial charge in [0.2, 0.25) is 0 Å². The third-order valence-corrected chi connectivity index (χ3v) is 6.45. The Balaban J connectivity index is 1.95. The second kappa shape index (κ2) is 6.59. The number of aryl methyl sites for hydroxylation is 1. The molecule has 112 valence electrons. The van der Waals surface area contributed by atoms with E-state index in [2.05, 4.69) is 0 Å². The fourth-order valence-corrected chi connectivity index (χ4v) is 4.49. The molecule has 0 radical (unpaired) electrons. The van der Waals surface area contributed by atoms with Gasteiger partial charge in [-0.3, -0.25) is 4.57 Å². The molecule has 0 N–H and O–H groups in total. The van der Waals surface area contributed by atoms with E-state index >= 15 is 0 Å². The van der Waals surface area contributed by atoms with Crippen molar-refractivity contribution >= 4 is 19.2 Å². The molecule has 0 spiro atoms. The monoisotopic (exact) mass is 318 g/mol. The van der Waals surface area contributed by atoms with E-state index in [1.54, 1.807) is 13.8 Å². The molecule has 1 fully saturated rings. The van der Waals surface area contributed by atoms with E-state index in [9.17, 15) is 4.57 Å². The molecule has 0 unspecified atom stereocenters. The Labute approximate surface area is 124 Å². The van der Waals surface area contributed by atoms with Gasteiger partial charge in [-0.15, -0.1) is 0 Å². The van der Waals surface area contributed by atoms with Crippen molar-refractivity contribution in [3.63, 3.8) is 0 Å². The molecule has 6 heteroatoms. The van der Waals surface area contributed by atoms with Crippen molar-refractivity contribution in [2.45, 2.75) is 37.6 Å². The quantitative estimate of drug-likeness (QED) is 0.410. The zero-order valence-corrected chi connectivity index (χ0v) is 13.4. The van der Waals surface area contributed by atoms with E-state index in [0.717, 1.165) is 6.42 Å². The van der Waals surface area contributed by atoms with Gasteiger partial charge in [0, 0.05) is 0 Å². The molecular formula is C14H20ClO4P. The molecule has 0 amide bonds. The molecule has 0 saturated carbocycles. The lowest BCUT2D eigenvalue weighted by molar-refractivity contribution is 0.202. The number of benzene rings is 1. The number of rotatable bonds is 8. The Morgan fingerprint density at radius 1 is 1.25 bits per heavy atom. The summed E-state index contributed by atoms with van der Waals surface area (Å²) >= 11 is 6.31. The first kappa shape index (κ1) is 16.0. The first-order valence-corrected chi connectivity index (χ1v) is 8.77. The summed E-state index contributed by atoms with van der Waals surface area (Å²) in [7, 11) is -3.43. The number of alkyl halides is 1. The number of epoxide rings is 1. The summed E-state index contributed by atoms with van der Waals surface area (Å²) in [4.78, 5) is -1.31. The Bertz CT molecular complexity index is 471. The van der Waals surface area contributed by atoms with Crippen molar-refractivity contribution in [1.29, 1.82) is 0 Å². The molecule has 0 aromatic heterocycles. The number of hydrogen-bond donors (Lipinski definition) is 0. The average molecular weight is 319 g/mol. The van der Waals surface area contributed by atoms with Crippen molar-refractivity contribution in [3.8, 4) is 0 Å². The highest BCUT2D eigenvalue weighted by molar-refractivity contribution is 7.58. The molecule has 1 aromatic carbocycles. The van der Waals surface area contributed by atoms with Crippen molar-refractivity contribution in [2.24, 2.45) is 0 Å². The van der Waals surface area contributed by atoms with E-state index in [1.165, 1.54) is 5.56 Å². The summed E-state index contributed by atoms with van der Waals surface area (Å²) in [6, 6.07) is 10.0. The number of hydrogen-bond acceptors (Lipinski definition) is 4. The smallest absolute Gasteiger partial charge is 0.339 e. The number of halogens is 1. The SMILES string of the molecule is CCOP(=O)(OCC)[C@@]1(Cl)O[C@@H]1CCc1ccccc1. The largest absolute Gasteiger partial charge is 0.380 e. The second-order valence-electron chi connectivity index (χ2n) is 4.57. The molecule has 1 heterocycles. The molecule has 1 aliphatic rings. The Morgan fingerprint density at radius 2 is 1.85 bits per heavy atom. The van der Waals surface area contributed by atoms with Crippen LogP contribution in [-0.2, 0) is 24.8 Å². The normalized spacial score (nSPS) is 25.6. The zero-order valence-electron chi connectivity index (χ0n) is 11.8. The van der Waals surface area contributed by atoms with Crippen LogP contribution in [0.4, 0.5) is 0 Å². The number of ether oxygens (including phenoxy) is 1. The molecular weight excluding hydrogens is 299 g/mol. The molecule has 2 atom stereocenters. The van der Waals surface area contributed by atoms with Gasteiger partial charge in [0.25, 0.3) is 4.80 Å². The van der Waals surface area contributed by atoms with Gasteiger partial charge in [0.1, 0.15) is 6.10 Å². The predicted molar refractivity (Wildman–Crippen MR) is 79.1 cm³/mol. The lowest BCUT2D eigenvalue weighted by atomic mass is 10.1. The van der Waals surface area contributed by atoms with E-state index in [-0.39, 0.29) is 19.3 Å². The van der Waals surface area contributed by atoms with E-state index in [0.29, 0.717) is 6.42 Å². The maximum atomic E-state index is 12.6.